The van der Waals surface area contributed by atoms with Crippen molar-refractivity contribution in [1.29, 1.82) is 0 Å². The standard InChI is InChI=1S/H7N4P3.H3P/c1-4-6-2-5-3-7-4;/h2-3,5-7H,1H2;1H3. The van der Waals surface area contributed by atoms with E-state index >= 15 is 0 Å². The van der Waals surface area contributed by atoms with E-state index in [0.717, 1.165) is 0 Å². The molecule has 1 fully saturated rings. The summed E-state index contributed by atoms with van der Waals surface area (Å²) in [4.78, 5) is 6.17. The van der Waals surface area contributed by atoms with Crippen LogP contribution < -0.4 is 15.6 Å². The molecule has 8 heteroatoms. The van der Waals surface area contributed by atoms with Crippen molar-refractivity contribution in [3.8, 4) is 0 Å². The third-order valence-electron chi connectivity index (χ3n) is 0.478. The molecule has 1 heterocycles. The van der Waals surface area contributed by atoms with Crippen LogP contribution in [0, 0.1) is 0 Å². The number of nitrogens with one attached hydrogen (secondary N) is 2. The van der Waals surface area contributed by atoms with Crippen LogP contribution in [-0.2, 0) is 0 Å². The Morgan fingerprint density at radius 2 is 1.75 bits per heavy atom. The summed E-state index contributed by atoms with van der Waals surface area (Å²) >= 11 is 0. The van der Waals surface area contributed by atoms with Gasteiger partial charge in [-0.2, -0.15) is 14.4 Å². The molecule has 0 bridgehead atoms. The average Bonchev–Trinajstić information content (AvgIpc) is 1.69. The number of nitrogens with two attached hydrogens (primary N) is 1. The van der Waals surface area contributed by atoms with E-state index in [1.807, 2.05) is 0 Å². The molecule has 4 N–H and O–H groups in total. The molecule has 0 aliphatic carbocycles. The van der Waals surface area contributed by atoms with Gasteiger partial charge in [-0.1, -0.05) is 0 Å². The van der Waals surface area contributed by atoms with Crippen molar-refractivity contribution < 1.29 is 0 Å². The smallest absolute Gasteiger partial charge is 0.0461 e. The van der Waals surface area contributed by atoms with E-state index in [4.69, 9.17) is 5.84 Å². The highest BCUT2D eigenvalue weighted by Crippen LogP contribution is 2.32. The zero-order valence-corrected chi connectivity index (χ0v) is 8.65. The molecule has 0 aromatic carbocycles. The second-order valence-electron chi connectivity index (χ2n) is 0.969. The van der Waals surface area contributed by atoms with Crippen LogP contribution in [0.5, 0.6) is 0 Å². The Hall–Kier alpha value is 1.56. The molecule has 1 rings (SSSR count). The zero-order valence-electron chi connectivity index (χ0n) is 4.23. The minimum atomic E-state index is 0. The predicted octanol–water partition coefficient (Wildman–Crippen LogP) is -0.0615. The van der Waals surface area contributed by atoms with Gasteiger partial charge in [0.05, 0.1) is 0 Å². The van der Waals surface area contributed by atoms with E-state index in [-0.39, 0.29) is 9.90 Å². The summed E-state index contributed by atoms with van der Waals surface area (Å²) in [6.45, 7) is 0. The summed E-state index contributed by atoms with van der Waals surface area (Å²) in [7, 11) is 1.89. The van der Waals surface area contributed by atoms with Crippen molar-refractivity contribution in [3.05, 3.63) is 0 Å². The van der Waals surface area contributed by atoms with Gasteiger partial charge in [-0.3, -0.25) is 15.6 Å². The highest BCUT2D eigenvalue weighted by atomic mass is 31.2. The van der Waals surface area contributed by atoms with Crippen molar-refractivity contribution in [3.63, 3.8) is 0 Å². The number of hydrazine groups is 1. The molecule has 3 unspecified atom stereocenters. The first kappa shape index (κ1) is 9.56. The number of hydrogen-bond donors (Lipinski definition) is 3. The first-order valence-corrected chi connectivity index (χ1v) is 4.60. The van der Waals surface area contributed by atoms with Crippen LogP contribution in [0.3, 0.4) is 0 Å². The van der Waals surface area contributed by atoms with E-state index < -0.39 is 0 Å². The largest absolute Gasteiger partial charge is 0.260 e. The lowest BCUT2D eigenvalue weighted by Crippen LogP contribution is -2.21. The average molecular weight is 190 g/mol. The van der Waals surface area contributed by atoms with E-state index in [9.17, 15) is 0 Å². The highest BCUT2D eigenvalue weighted by Gasteiger charge is 2.01. The van der Waals surface area contributed by atoms with Crippen LogP contribution in [0.4, 0.5) is 0 Å². The Bertz CT molecular complexity index is 50.0. The Morgan fingerprint density at radius 3 is 2.00 bits per heavy atom. The molecule has 4 nitrogen and oxygen atoms in total. The Morgan fingerprint density at radius 1 is 1.25 bits per heavy atom. The molecule has 8 heavy (non-hydrogen) atoms. The lowest BCUT2D eigenvalue weighted by atomic mass is 12.9. The summed E-state index contributed by atoms with van der Waals surface area (Å²) in [6, 6.07) is 0. The van der Waals surface area contributed by atoms with Gasteiger partial charge < -0.3 is 0 Å². The van der Waals surface area contributed by atoms with Gasteiger partial charge in [-0.05, 0) is 0 Å². The molecule has 1 aliphatic heterocycles. The maximum Gasteiger partial charge on any atom is 0.0461 e. The number of nitrogens with zero attached hydrogens (tertiary/aromatic N) is 1. The molecule has 1 saturated heterocycles. The molecular formula is H10N4P4. The van der Waals surface area contributed by atoms with Gasteiger partial charge in [0.25, 0.3) is 0 Å². The first-order chi connectivity index (χ1) is 3.39. The quantitative estimate of drug-likeness (QED) is 0.370. The highest BCUT2D eigenvalue weighted by molar-refractivity contribution is 7.65. The van der Waals surface area contributed by atoms with Gasteiger partial charge in [0.1, 0.15) is 0 Å². The summed E-state index contributed by atoms with van der Waals surface area (Å²) in [5.41, 5.74) is 0. The van der Waals surface area contributed by atoms with Gasteiger partial charge in [0, 0.05) is 26.6 Å². The monoisotopic (exact) mass is 190 g/mol. The Kier molecular flexibility index (Phi) is 6.40. The lowest BCUT2D eigenvalue weighted by molar-refractivity contribution is 0.780. The topological polar surface area (TPSA) is 53.3 Å². The van der Waals surface area contributed by atoms with E-state index in [1.165, 1.54) is 0 Å². The zero-order chi connectivity index (χ0) is 5.11. The Balaban J connectivity index is 0.000000490. The minimum absolute atomic E-state index is 0. The summed E-state index contributed by atoms with van der Waals surface area (Å²) in [5.74, 6) is 5.37. The van der Waals surface area contributed by atoms with Crippen molar-refractivity contribution in [2.75, 3.05) is 0 Å². The SMILES string of the molecule is NN1PNPNP1.P. The van der Waals surface area contributed by atoms with Crippen LogP contribution >= 0.6 is 36.5 Å². The van der Waals surface area contributed by atoms with Crippen molar-refractivity contribution >= 4 is 36.5 Å². The predicted molar refractivity (Wildman–Crippen MR) is 48.3 cm³/mol. The third-order valence-corrected chi connectivity index (χ3v) is 3.52. The maximum atomic E-state index is 5.37. The van der Waals surface area contributed by atoms with E-state index in [2.05, 4.69) is 9.72 Å². The third kappa shape index (κ3) is 3.56. The van der Waals surface area contributed by atoms with E-state index in [0.29, 0.717) is 26.6 Å². The van der Waals surface area contributed by atoms with Gasteiger partial charge in [0.2, 0.25) is 0 Å². The summed E-state index contributed by atoms with van der Waals surface area (Å²) in [6.07, 6.45) is 0. The first-order valence-electron chi connectivity index (χ1n) is 1.71. The van der Waals surface area contributed by atoms with Crippen LogP contribution in [0.15, 0.2) is 0 Å². The van der Waals surface area contributed by atoms with Gasteiger partial charge in [-0.15, -0.1) is 0 Å². The molecule has 0 amide bonds. The molecular weight excluding hydrogens is 180 g/mol. The van der Waals surface area contributed by atoms with Crippen LogP contribution in [0.2, 0.25) is 0 Å². The maximum absolute atomic E-state index is 5.37. The molecule has 3 atom stereocenters. The van der Waals surface area contributed by atoms with Crippen molar-refractivity contribution in [1.82, 2.24) is 14.3 Å². The normalized spacial score (nSPS) is 31.1. The number of hydrogen-bond acceptors (Lipinski definition) is 4. The molecule has 0 saturated carbocycles. The van der Waals surface area contributed by atoms with E-state index in [1.54, 1.807) is 4.55 Å². The molecule has 0 radical (unpaired) electrons. The molecule has 50 valence electrons. The van der Waals surface area contributed by atoms with Gasteiger partial charge in [0.15, 0.2) is 0 Å². The summed E-state index contributed by atoms with van der Waals surface area (Å²) in [5, 5.41) is 0. The Labute approximate surface area is 57.4 Å². The van der Waals surface area contributed by atoms with Crippen LogP contribution in [0.25, 0.3) is 0 Å². The molecule has 0 aromatic heterocycles. The van der Waals surface area contributed by atoms with Crippen molar-refractivity contribution in [2.45, 2.75) is 0 Å². The van der Waals surface area contributed by atoms with Crippen LogP contribution in [0.1, 0.15) is 0 Å². The van der Waals surface area contributed by atoms with Crippen LogP contribution in [-0.4, -0.2) is 4.55 Å². The molecule has 0 aromatic rings. The fourth-order valence-corrected chi connectivity index (χ4v) is 3.69. The lowest BCUT2D eigenvalue weighted by Gasteiger charge is -2.21. The number of rotatable bonds is 0. The molecule has 0 spiro atoms. The van der Waals surface area contributed by atoms with Crippen molar-refractivity contribution in [2.24, 2.45) is 5.84 Å². The van der Waals surface area contributed by atoms with Gasteiger partial charge in [-0.25, -0.2) is 0 Å². The van der Waals surface area contributed by atoms with Gasteiger partial charge >= 0.3 is 0 Å². The minimum Gasteiger partial charge on any atom is -0.260 e. The molecule has 1 aliphatic rings. The second-order valence-corrected chi connectivity index (χ2v) is 5.08. The summed E-state index contributed by atoms with van der Waals surface area (Å²) < 4.78 is 1.73. The fourth-order valence-electron chi connectivity index (χ4n) is 0.236. The fraction of sp³-hybridized carbons (Fsp3) is 0. The second kappa shape index (κ2) is 5.35.